The number of methoxy groups -OCH3 is 1. The molecule has 3 rings (SSSR count). The van der Waals surface area contributed by atoms with Gasteiger partial charge in [-0.05, 0) is 70.7 Å². The van der Waals surface area contributed by atoms with Gasteiger partial charge in [0.05, 0.1) is 21.4 Å². The van der Waals surface area contributed by atoms with E-state index in [1.807, 2.05) is 22.6 Å². The minimum absolute atomic E-state index is 0.0152. The smallest absolute Gasteiger partial charge is 0.270 e. The van der Waals surface area contributed by atoms with Crippen LogP contribution in [0.2, 0.25) is 5.02 Å². The van der Waals surface area contributed by atoms with Gasteiger partial charge < -0.3 is 9.84 Å². The van der Waals surface area contributed by atoms with Gasteiger partial charge >= 0.3 is 0 Å². The summed E-state index contributed by atoms with van der Waals surface area (Å²) in [4.78, 5) is 26.5. The maximum atomic E-state index is 13.0. The van der Waals surface area contributed by atoms with Gasteiger partial charge in [0.1, 0.15) is 5.57 Å². The predicted molar refractivity (Wildman–Crippen MR) is 115 cm³/mol. The molecule has 1 aliphatic rings. The predicted octanol–water partition coefficient (Wildman–Crippen LogP) is 3.49. The SMILES string of the molecule is COc1cc(/C=C2\C(=O)NC(=S)N(c3ccccc3Cl)C2=O)cc(I)c1O. The van der Waals surface area contributed by atoms with Crippen LogP contribution < -0.4 is 15.0 Å². The molecule has 0 unspecified atom stereocenters. The van der Waals surface area contributed by atoms with Gasteiger partial charge in [-0.3, -0.25) is 19.8 Å². The summed E-state index contributed by atoms with van der Waals surface area (Å²) < 4.78 is 5.63. The molecule has 1 saturated heterocycles. The lowest BCUT2D eigenvalue weighted by Gasteiger charge is -2.29. The molecule has 9 heteroatoms. The van der Waals surface area contributed by atoms with E-state index in [2.05, 4.69) is 5.32 Å². The van der Waals surface area contributed by atoms with Crippen molar-refractivity contribution in [2.75, 3.05) is 12.0 Å². The maximum Gasteiger partial charge on any atom is 0.270 e. The van der Waals surface area contributed by atoms with Crippen LogP contribution in [-0.4, -0.2) is 29.1 Å². The first kappa shape index (κ1) is 19.6. The summed E-state index contributed by atoms with van der Waals surface area (Å²) in [5.41, 5.74) is 0.768. The van der Waals surface area contributed by atoms with Gasteiger partial charge in [-0.1, -0.05) is 23.7 Å². The molecule has 0 radical (unpaired) electrons. The fraction of sp³-hybridized carbons (Fsp3) is 0.0556. The minimum Gasteiger partial charge on any atom is -0.504 e. The number of para-hydroxylation sites is 1. The molecule has 0 spiro atoms. The summed E-state index contributed by atoms with van der Waals surface area (Å²) >= 11 is 13.3. The maximum absolute atomic E-state index is 13.0. The molecule has 27 heavy (non-hydrogen) atoms. The van der Waals surface area contributed by atoms with Gasteiger partial charge in [0.2, 0.25) is 0 Å². The van der Waals surface area contributed by atoms with E-state index in [0.29, 0.717) is 19.8 Å². The number of hydrogen-bond acceptors (Lipinski definition) is 5. The van der Waals surface area contributed by atoms with E-state index in [9.17, 15) is 14.7 Å². The fourth-order valence-electron chi connectivity index (χ4n) is 2.51. The number of phenols is 1. The van der Waals surface area contributed by atoms with Crippen molar-refractivity contribution in [1.82, 2.24) is 5.32 Å². The van der Waals surface area contributed by atoms with E-state index in [-0.39, 0.29) is 22.2 Å². The van der Waals surface area contributed by atoms with Crippen molar-refractivity contribution < 1.29 is 19.4 Å². The molecular weight excluding hydrogens is 503 g/mol. The second-order valence-corrected chi connectivity index (χ2v) is 7.42. The second kappa shape index (κ2) is 7.83. The van der Waals surface area contributed by atoms with Crippen LogP contribution in [0.1, 0.15) is 5.56 Å². The summed E-state index contributed by atoms with van der Waals surface area (Å²) in [7, 11) is 1.41. The topological polar surface area (TPSA) is 78.9 Å². The van der Waals surface area contributed by atoms with Crippen LogP contribution >= 0.6 is 46.4 Å². The largest absolute Gasteiger partial charge is 0.504 e. The molecule has 2 N–H and O–H groups in total. The number of nitrogens with zero attached hydrogens (tertiary/aromatic N) is 1. The van der Waals surface area contributed by atoms with Crippen molar-refractivity contribution >= 4 is 75.1 Å². The van der Waals surface area contributed by atoms with Crippen LogP contribution in [0, 0.1) is 3.57 Å². The van der Waals surface area contributed by atoms with Crippen LogP contribution in [0.25, 0.3) is 6.08 Å². The normalized spacial score (nSPS) is 15.9. The first-order valence-electron chi connectivity index (χ1n) is 7.56. The van der Waals surface area contributed by atoms with E-state index in [1.54, 1.807) is 30.3 Å². The summed E-state index contributed by atoms with van der Waals surface area (Å²) in [6.07, 6.45) is 1.41. The quantitative estimate of drug-likeness (QED) is 0.284. The number of ether oxygens (including phenoxy) is 1. The van der Waals surface area contributed by atoms with Gasteiger partial charge in [0.25, 0.3) is 11.8 Å². The Kier molecular flexibility index (Phi) is 5.68. The highest BCUT2D eigenvalue weighted by Crippen LogP contribution is 2.34. The number of carbonyl (C=O) groups excluding carboxylic acids is 2. The van der Waals surface area contributed by atoms with Gasteiger partial charge in [0.15, 0.2) is 16.6 Å². The Labute approximate surface area is 178 Å². The van der Waals surface area contributed by atoms with Crippen LogP contribution in [0.3, 0.4) is 0 Å². The number of benzene rings is 2. The zero-order valence-electron chi connectivity index (χ0n) is 13.8. The van der Waals surface area contributed by atoms with Crippen molar-refractivity contribution in [2.24, 2.45) is 0 Å². The molecule has 1 aliphatic heterocycles. The van der Waals surface area contributed by atoms with Crippen molar-refractivity contribution in [3.63, 3.8) is 0 Å². The standard InChI is InChI=1S/C18H12ClIN2O4S/c1-26-14-8-9(7-12(20)15(14)23)6-10-16(24)21-18(27)22(17(10)25)13-5-3-2-4-11(13)19/h2-8,23H,1H3,(H,21,24,27)/b10-6+. The number of hydrogen-bond donors (Lipinski definition) is 2. The van der Waals surface area contributed by atoms with Crippen LogP contribution in [0.4, 0.5) is 5.69 Å². The Hall–Kier alpha value is -2.17. The Morgan fingerprint density at radius 2 is 2.00 bits per heavy atom. The molecule has 0 aromatic heterocycles. The van der Waals surface area contributed by atoms with E-state index >= 15 is 0 Å². The number of anilines is 1. The molecule has 138 valence electrons. The molecule has 2 aromatic rings. The number of amides is 2. The molecule has 2 amide bonds. The van der Waals surface area contributed by atoms with Crippen LogP contribution in [0.5, 0.6) is 11.5 Å². The second-order valence-electron chi connectivity index (χ2n) is 5.46. The number of phenolic OH excluding ortho intramolecular Hbond substituents is 1. The third kappa shape index (κ3) is 3.78. The first-order chi connectivity index (χ1) is 12.8. The Bertz CT molecular complexity index is 1010. The first-order valence-corrected chi connectivity index (χ1v) is 9.42. The van der Waals surface area contributed by atoms with Crippen molar-refractivity contribution in [2.45, 2.75) is 0 Å². The van der Waals surface area contributed by atoms with Crippen LogP contribution in [-0.2, 0) is 9.59 Å². The Morgan fingerprint density at radius 3 is 2.67 bits per heavy atom. The molecule has 1 fully saturated rings. The molecule has 0 aliphatic carbocycles. The third-order valence-corrected chi connectivity index (χ3v) is 5.20. The van der Waals surface area contributed by atoms with Gasteiger partial charge in [0, 0.05) is 0 Å². The zero-order chi connectivity index (χ0) is 19.7. The van der Waals surface area contributed by atoms with E-state index in [4.69, 9.17) is 28.6 Å². The Morgan fingerprint density at radius 1 is 1.30 bits per heavy atom. The van der Waals surface area contributed by atoms with Crippen molar-refractivity contribution in [1.29, 1.82) is 0 Å². The van der Waals surface area contributed by atoms with Crippen LogP contribution in [0.15, 0.2) is 42.0 Å². The molecular formula is C18H12ClIN2O4S. The number of halogens is 2. The monoisotopic (exact) mass is 514 g/mol. The third-order valence-electron chi connectivity index (χ3n) is 3.78. The van der Waals surface area contributed by atoms with Crippen molar-refractivity contribution in [3.05, 3.63) is 56.1 Å². The average molecular weight is 515 g/mol. The van der Waals surface area contributed by atoms with Gasteiger partial charge in [-0.15, -0.1) is 0 Å². The fourth-order valence-corrected chi connectivity index (χ4v) is 3.63. The number of nitrogens with one attached hydrogen (secondary N) is 1. The van der Waals surface area contributed by atoms with E-state index < -0.39 is 11.8 Å². The Balaban J connectivity index is 2.08. The van der Waals surface area contributed by atoms with E-state index in [1.165, 1.54) is 24.2 Å². The number of carbonyl (C=O) groups is 2. The molecule has 6 nitrogen and oxygen atoms in total. The lowest BCUT2D eigenvalue weighted by Crippen LogP contribution is -2.54. The highest BCUT2D eigenvalue weighted by Gasteiger charge is 2.35. The van der Waals surface area contributed by atoms with Gasteiger partial charge in [-0.2, -0.15) is 0 Å². The highest BCUT2D eigenvalue weighted by atomic mass is 127. The lowest BCUT2D eigenvalue weighted by atomic mass is 10.1. The molecule has 2 aromatic carbocycles. The van der Waals surface area contributed by atoms with E-state index in [0.717, 1.165) is 0 Å². The summed E-state index contributed by atoms with van der Waals surface area (Å²) in [5.74, 6) is -0.997. The lowest BCUT2D eigenvalue weighted by molar-refractivity contribution is -0.122. The minimum atomic E-state index is -0.615. The van der Waals surface area contributed by atoms with Crippen molar-refractivity contribution in [3.8, 4) is 11.5 Å². The molecule has 0 atom stereocenters. The number of rotatable bonds is 3. The molecule has 0 bridgehead atoms. The summed E-state index contributed by atoms with van der Waals surface area (Å²) in [6.45, 7) is 0. The molecule has 1 heterocycles. The summed E-state index contributed by atoms with van der Waals surface area (Å²) in [5, 5.41) is 12.7. The molecule has 0 saturated carbocycles. The number of thiocarbonyl (C=S) groups is 1. The average Bonchev–Trinajstić information content (AvgIpc) is 2.62. The summed E-state index contributed by atoms with van der Waals surface area (Å²) in [6, 6.07) is 9.85. The highest BCUT2D eigenvalue weighted by molar-refractivity contribution is 14.1. The zero-order valence-corrected chi connectivity index (χ0v) is 17.6. The van der Waals surface area contributed by atoms with Gasteiger partial charge in [-0.25, -0.2) is 0 Å². The number of aromatic hydroxyl groups is 1.